The highest BCUT2D eigenvalue weighted by Crippen LogP contribution is 2.16. The second kappa shape index (κ2) is 5.78. The summed E-state index contributed by atoms with van der Waals surface area (Å²) < 4.78 is 5.28. The molecule has 2 heterocycles. The second-order valence-electron chi connectivity index (χ2n) is 3.72. The monoisotopic (exact) mass is 239 g/mol. The topological polar surface area (TPSA) is 47.9 Å². The number of aryl methyl sites for hydroxylation is 1. The number of ether oxygens (including phenoxy) is 1. The van der Waals surface area contributed by atoms with Crippen molar-refractivity contribution in [2.24, 2.45) is 0 Å². The molecule has 0 saturated heterocycles. The molecule has 0 bridgehead atoms. The predicted octanol–water partition coefficient (Wildman–Crippen LogP) is 2.25. The first-order valence-electron chi connectivity index (χ1n) is 5.62. The molecular weight excluding hydrogens is 226 g/mol. The summed E-state index contributed by atoms with van der Waals surface area (Å²) in [5.41, 5.74) is 2.68. The Labute approximate surface area is 106 Å². The predicted molar refractivity (Wildman–Crippen MR) is 68.9 cm³/mol. The van der Waals surface area contributed by atoms with Crippen molar-refractivity contribution in [3.8, 4) is 29.6 Å². The SMILES string of the molecule is C#CCCOc1ncc(-c2cccc(C)n2)cn1. The number of terminal acetylenes is 1. The van der Waals surface area contributed by atoms with Gasteiger partial charge in [0.2, 0.25) is 0 Å². The van der Waals surface area contributed by atoms with Crippen LogP contribution in [0.2, 0.25) is 0 Å². The van der Waals surface area contributed by atoms with Crippen LogP contribution in [0.25, 0.3) is 11.3 Å². The molecule has 0 fully saturated rings. The number of hydrogen-bond acceptors (Lipinski definition) is 4. The highest BCUT2D eigenvalue weighted by atomic mass is 16.5. The van der Waals surface area contributed by atoms with Crippen LogP contribution < -0.4 is 4.74 Å². The molecule has 2 aromatic heterocycles. The van der Waals surface area contributed by atoms with Crippen molar-refractivity contribution in [2.45, 2.75) is 13.3 Å². The van der Waals surface area contributed by atoms with E-state index in [-0.39, 0.29) is 0 Å². The molecular formula is C14H13N3O. The van der Waals surface area contributed by atoms with Gasteiger partial charge in [-0.25, -0.2) is 9.97 Å². The van der Waals surface area contributed by atoms with E-state index in [9.17, 15) is 0 Å². The van der Waals surface area contributed by atoms with E-state index in [0.29, 0.717) is 19.0 Å². The van der Waals surface area contributed by atoms with Crippen LogP contribution in [-0.2, 0) is 0 Å². The zero-order chi connectivity index (χ0) is 12.8. The van der Waals surface area contributed by atoms with Crippen LogP contribution in [0.15, 0.2) is 30.6 Å². The van der Waals surface area contributed by atoms with Gasteiger partial charge in [0, 0.05) is 30.1 Å². The summed E-state index contributed by atoms with van der Waals surface area (Å²) in [4.78, 5) is 12.6. The Balaban J connectivity index is 2.10. The zero-order valence-electron chi connectivity index (χ0n) is 10.1. The van der Waals surface area contributed by atoms with Gasteiger partial charge in [-0.15, -0.1) is 12.3 Å². The van der Waals surface area contributed by atoms with Crippen LogP contribution >= 0.6 is 0 Å². The van der Waals surface area contributed by atoms with Crippen molar-refractivity contribution < 1.29 is 4.74 Å². The largest absolute Gasteiger partial charge is 0.462 e. The molecule has 18 heavy (non-hydrogen) atoms. The molecule has 0 aliphatic carbocycles. The third-order valence-corrected chi connectivity index (χ3v) is 2.29. The van der Waals surface area contributed by atoms with E-state index in [2.05, 4.69) is 20.9 Å². The quantitative estimate of drug-likeness (QED) is 0.606. The Kier molecular flexibility index (Phi) is 3.87. The third kappa shape index (κ3) is 3.05. The first-order chi connectivity index (χ1) is 8.79. The highest BCUT2D eigenvalue weighted by molar-refractivity contribution is 5.56. The smallest absolute Gasteiger partial charge is 0.316 e. The minimum absolute atomic E-state index is 0.335. The van der Waals surface area contributed by atoms with E-state index in [0.717, 1.165) is 17.0 Å². The maximum Gasteiger partial charge on any atom is 0.316 e. The van der Waals surface area contributed by atoms with E-state index < -0.39 is 0 Å². The van der Waals surface area contributed by atoms with Crippen LogP contribution in [0.4, 0.5) is 0 Å². The van der Waals surface area contributed by atoms with Gasteiger partial charge in [-0.2, -0.15) is 0 Å². The molecule has 0 spiro atoms. The van der Waals surface area contributed by atoms with Crippen LogP contribution in [-0.4, -0.2) is 21.6 Å². The Bertz CT molecular complexity index is 558. The van der Waals surface area contributed by atoms with Gasteiger partial charge in [0.05, 0.1) is 5.69 Å². The lowest BCUT2D eigenvalue weighted by atomic mass is 10.2. The standard InChI is InChI=1S/C14H13N3O/c1-3-4-8-18-14-15-9-12(10-16-14)13-7-5-6-11(2)17-13/h1,5-7,9-10H,4,8H2,2H3. The Morgan fingerprint density at radius 3 is 2.72 bits per heavy atom. The molecule has 0 radical (unpaired) electrons. The van der Waals surface area contributed by atoms with Gasteiger partial charge in [0.15, 0.2) is 0 Å². The number of hydrogen-bond donors (Lipinski definition) is 0. The molecule has 0 unspecified atom stereocenters. The normalized spacial score (nSPS) is 9.78. The first kappa shape index (κ1) is 12.1. The van der Waals surface area contributed by atoms with Crippen LogP contribution in [0, 0.1) is 19.3 Å². The van der Waals surface area contributed by atoms with Gasteiger partial charge in [-0.1, -0.05) is 6.07 Å². The van der Waals surface area contributed by atoms with Gasteiger partial charge in [0.1, 0.15) is 6.61 Å². The lowest BCUT2D eigenvalue weighted by Gasteiger charge is -2.03. The number of pyridine rings is 1. The van der Waals surface area contributed by atoms with Gasteiger partial charge in [-0.05, 0) is 19.1 Å². The lowest BCUT2D eigenvalue weighted by molar-refractivity contribution is 0.301. The van der Waals surface area contributed by atoms with Gasteiger partial charge < -0.3 is 4.74 Å². The highest BCUT2D eigenvalue weighted by Gasteiger charge is 2.02. The van der Waals surface area contributed by atoms with E-state index in [1.165, 1.54) is 0 Å². The van der Waals surface area contributed by atoms with Crippen molar-refractivity contribution >= 4 is 0 Å². The fourth-order valence-corrected chi connectivity index (χ4v) is 1.43. The maximum atomic E-state index is 5.28. The second-order valence-corrected chi connectivity index (χ2v) is 3.72. The summed E-state index contributed by atoms with van der Waals surface area (Å²) >= 11 is 0. The van der Waals surface area contributed by atoms with Crippen LogP contribution in [0.3, 0.4) is 0 Å². The minimum Gasteiger partial charge on any atom is -0.462 e. The Morgan fingerprint density at radius 2 is 2.06 bits per heavy atom. The minimum atomic E-state index is 0.335. The Hall–Kier alpha value is -2.41. The lowest BCUT2D eigenvalue weighted by Crippen LogP contribution is -2.00. The summed E-state index contributed by atoms with van der Waals surface area (Å²) in [5.74, 6) is 2.49. The number of rotatable bonds is 4. The molecule has 90 valence electrons. The molecule has 0 atom stereocenters. The van der Waals surface area contributed by atoms with Crippen LogP contribution in [0.5, 0.6) is 6.01 Å². The number of nitrogens with zero attached hydrogens (tertiary/aromatic N) is 3. The first-order valence-corrected chi connectivity index (χ1v) is 5.62. The summed E-state index contributed by atoms with van der Waals surface area (Å²) in [6.45, 7) is 2.38. The van der Waals surface area contributed by atoms with Crippen molar-refractivity contribution in [1.82, 2.24) is 15.0 Å². The maximum absolute atomic E-state index is 5.28. The average molecular weight is 239 g/mol. The molecule has 0 aromatic carbocycles. The summed E-state index contributed by atoms with van der Waals surface area (Å²) in [7, 11) is 0. The van der Waals surface area contributed by atoms with Crippen LogP contribution in [0.1, 0.15) is 12.1 Å². The molecule has 4 nitrogen and oxygen atoms in total. The van der Waals surface area contributed by atoms with Crippen molar-refractivity contribution in [3.63, 3.8) is 0 Å². The molecule has 4 heteroatoms. The molecule has 2 rings (SSSR count). The van der Waals surface area contributed by atoms with E-state index in [1.807, 2.05) is 25.1 Å². The van der Waals surface area contributed by atoms with E-state index >= 15 is 0 Å². The summed E-state index contributed by atoms with van der Waals surface area (Å²) in [6.07, 6.45) is 9.06. The fourth-order valence-electron chi connectivity index (χ4n) is 1.43. The zero-order valence-corrected chi connectivity index (χ0v) is 10.1. The van der Waals surface area contributed by atoms with Gasteiger partial charge >= 0.3 is 6.01 Å². The summed E-state index contributed by atoms with van der Waals surface area (Å²) in [5, 5.41) is 0. The summed E-state index contributed by atoms with van der Waals surface area (Å²) in [6, 6.07) is 6.16. The Morgan fingerprint density at radius 1 is 1.28 bits per heavy atom. The number of aromatic nitrogens is 3. The average Bonchev–Trinajstić information content (AvgIpc) is 2.40. The van der Waals surface area contributed by atoms with Crippen molar-refractivity contribution in [2.75, 3.05) is 6.61 Å². The molecule has 0 aliphatic rings. The molecule has 0 aliphatic heterocycles. The molecule has 0 saturated carbocycles. The molecule has 0 N–H and O–H groups in total. The van der Waals surface area contributed by atoms with Gasteiger partial charge in [-0.3, -0.25) is 4.98 Å². The van der Waals surface area contributed by atoms with Gasteiger partial charge in [0.25, 0.3) is 0 Å². The van der Waals surface area contributed by atoms with E-state index in [1.54, 1.807) is 12.4 Å². The van der Waals surface area contributed by atoms with Crippen molar-refractivity contribution in [1.29, 1.82) is 0 Å². The molecule has 2 aromatic rings. The molecule has 0 amide bonds. The van der Waals surface area contributed by atoms with E-state index in [4.69, 9.17) is 11.2 Å². The fraction of sp³-hybridized carbons (Fsp3) is 0.214. The third-order valence-electron chi connectivity index (χ3n) is 2.29. The van der Waals surface area contributed by atoms with Crippen molar-refractivity contribution in [3.05, 3.63) is 36.3 Å².